The van der Waals surface area contributed by atoms with Gasteiger partial charge in [-0.25, -0.2) is 0 Å². The molecule has 104 valence electrons. The van der Waals surface area contributed by atoms with Crippen molar-refractivity contribution < 1.29 is 9.90 Å². The van der Waals surface area contributed by atoms with Gasteiger partial charge < -0.3 is 10.0 Å². The average molecular weight is 302 g/mol. The molecular formula is C14H17Cl2NO2. The van der Waals surface area contributed by atoms with Crippen LogP contribution in [0.25, 0.3) is 0 Å². The number of anilines is 1. The molecule has 5 heteroatoms. The maximum absolute atomic E-state index is 11.0. The summed E-state index contributed by atoms with van der Waals surface area (Å²) in [7, 11) is 0. The van der Waals surface area contributed by atoms with Crippen LogP contribution in [-0.2, 0) is 4.79 Å². The molecule has 0 aliphatic carbocycles. The number of hydrogen-bond donors (Lipinski definition) is 1. The zero-order chi connectivity index (χ0) is 14.0. The summed E-state index contributed by atoms with van der Waals surface area (Å²) in [6, 6.07) is 3.44. The molecule has 1 atom stereocenters. The van der Waals surface area contributed by atoms with Crippen LogP contribution >= 0.6 is 23.2 Å². The van der Waals surface area contributed by atoms with E-state index in [9.17, 15) is 4.79 Å². The molecule has 1 N–H and O–H groups in total. The van der Waals surface area contributed by atoms with Gasteiger partial charge in [-0.1, -0.05) is 23.2 Å². The van der Waals surface area contributed by atoms with Gasteiger partial charge >= 0.3 is 5.97 Å². The lowest BCUT2D eigenvalue weighted by Gasteiger charge is -2.30. The second-order valence-electron chi connectivity index (χ2n) is 4.94. The Morgan fingerprint density at radius 1 is 1.21 bits per heavy atom. The zero-order valence-corrected chi connectivity index (χ0v) is 12.3. The highest BCUT2D eigenvalue weighted by molar-refractivity contribution is 6.39. The predicted molar refractivity (Wildman–Crippen MR) is 78.6 cm³/mol. The molecule has 2 rings (SSSR count). The minimum atomic E-state index is -0.877. The summed E-state index contributed by atoms with van der Waals surface area (Å²) in [5.74, 6) is -1.48. The van der Waals surface area contributed by atoms with Crippen molar-refractivity contribution >= 4 is 34.9 Å². The van der Waals surface area contributed by atoms with Gasteiger partial charge in [0, 0.05) is 13.1 Å². The first-order valence-corrected chi connectivity index (χ1v) is 7.23. The minimum Gasteiger partial charge on any atom is -0.481 e. The molecule has 1 unspecified atom stereocenters. The lowest BCUT2D eigenvalue weighted by Crippen LogP contribution is -2.30. The molecule has 1 aromatic rings. The SMILES string of the molecule is CC(C(=O)O)c1cc(Cl)c(N2CCCCC2)c(Cl)c1. The topological polar surface area (TPSA) is 40.5 Å². The Morgan fingerprint density at radius 2 is 1.74 bits per heavy atom. The highest BCUT2D eigenvalue weighted by Gasteiger charge is 2.21. The highest BCUT2D eigenvalue weighted by atomic mass is 35.5. The lowest BCUT2D eigenvalue weighted by atomic mass is 10.0. The Hall–Kier alpha value is -0.930. The fourth-order valence-corrected chi connectivity index (χ4v) is 3.14. The number of aliphatic carboxylic acids is 1. The van der Waals surface area contributed by atoms with Crippen LogP contribution in [0.1, 0.15) is 37.7 Å². The number of halogens is 2. The van der Waals surface area contributed by atoms with E-state index in [-0.39, 0.29) is 0 Å². The summed E-state index contributed by atoms with van der Waals surface area (Å²) in [5.41, 5.74) is 1.48. The molecule has 1 aromatic carbocycles. The monoisotopic (exact) mass is 301 g/mol. The largest absolute Gasteiger partial charge is 0.481 e. The highest BCUT2D eigenvalue weighted by Crippen LogP contribution is 2.38. The van der Waals surface area contributed by atoms with Gasteiger partial charge in [-0.3, -0.25) is 4.79 Å². The van der Waals surface area contributed by atoms with Crippen molar-refractivity contribution in [2.24, 2.45) is 0 Å². The molecule has 1 saturated heterocycles. The number of carboxylic acids is 1. The maximum Gasteiger partial charge on any atom is 0.310 e. The molecule has 0 bridgehead atoms. The van der Waals surface area contributed by atoms with E-state index < -0.39 is 11.9 Å². The van der Waals surface area contributed by atoms with Gasteiger partial charge in [0.2, 0.25) is 0 Å². The van der Waals surface area contributed by atoms with Crippen LogP contribution in [0.4, 0.5) is 5.69 Å². The van der Waals surface area contributed by atoms with E-state index in [2.05, 4.69) is 4.90 Å². The van der Waals surface area contributed by atoms with Crippen molar-refractivity contribution in [1.82, 2.24) is 0 Å². The molecule has 1 fully saturated rings. The third-order valence-corrected chi connectivity index (χ3v) is 4.16. The first-order valence-electron chi connectivity index (χ1n) is 6.47. The van der Waals surface area contributed by atoms with Crippen LogP contribution in [-0.4, -0.2) is 24.2 Å². The van der Waals surface area contributed by atoms with E-state index in [1.165, 1.54) is 6.42 Å². The van der Waals surface area contributed by atoms with E-state index in [0.29, 0.717) is 15.6 Å². The summed E-state index contributed by atoms with van der Waals surface area (Å²) in [4.78, 5) is 13.2. The van der Waals surface area contributed by atoms with Crippen molar-refractivity contribution in [3.05, 3.63) is 27.7 Å². The van der Waals surface area contributed by atoms with Gasteiger partial charge in [0.25, 0.3) is 0 Å². The molecule has 1 aliphatic rings. The molecule has 1 aliphatic heterocycles. The second-order valence-corrected chi connectivity index (χ2v) is 5.76. The molecule has 19 heavy (non-hydrogen) atoms. The Morgan fingerprint density at radius 3 is 2.21 bits per heavy atom. The van der Waals surface area contributed by atoms with Gasteiger partial charge in [0.1, 0.15) is 0 Å². The van der Waals surface area contributed by atoms with Crippen molar-refractivity contribution in [2.45, 2.75) is 32.1 Å². The third-order valence-electron chi connectivity index (χ3n) is 3.58. The van der Waals surface area contributed by atoms with Gasteiger partial charge in [-0.05, 0) is 43.9 Å². The molecule has 0 amide bonds. The third kappa shape index (κ3) is 3.15. The summed E-state index contributed by atoms with van der Waals surface area (Å²) >= 11 is 12.6. The predicted octanol–water partition coefficient (Wildman–Crippen LogP) is 4.17. The van der Waals surface area contributed by atoms with Crippen molar-refractivity contribution in [2.75, 3.05) is 18.0 Å². The Kier molecular flexibility index (Phi) is 4.58. The standard InChI is InChI=1S/C14H17Cl2NO2/c1-9(14(18)19)10-7-11(15)13(12(16)8-10)17-5-3-2-4-6-17/h7-9H,2-6H2,1H3,(H,18,19). The van der Waals surface area contributed by atoms with Gasteiger partial charge in [-0.2, -0.15) is 0 Å². The normalized spacial score (nSPS) is 17.3. The maximum atomic E-state index is 11.0. The number of piperidine rings is 1. The van der Waals surface area contributed by atoms with Crippen LogP contribution in [0.2, 0.25) is 10.0 Å². The number of hydrogen-bond acceptors (Lipinski definition) is 2. The number of carbonyl (C=O) groups is 1. The van der Waals surface area contributed by atoms with Crippen LogP contribution in [0.15, 0.2) is 12.1 Å². The summed E-state index contributed by atoms with van der Waals surface area (Å²) in [6.07, 6.45) is 3.51. The molecule has 3 nitrogen and oxygen atoms in total. The zero-order valence-electron chi connectivity index (χ0n) is 10.8. The van der Waals surface area contributed by atoms with Gasteiger partial charge in [-0.15, -0.1) is 0 Å². The van der Waals surface area contributed by atoms with Crippen LogP contribution in [0.3, 0.4) is 0 Å². The summed E-state index contributed by atoms with van der Waals surface area (Å²) < 4.78 is 0. The van der Waals surface area contributed by atoms with Crippen molar-refractivity contribution in [3.63, 3.8) is 0 Å². The van der Waals surface area contributed by atoms with E-state index in [0.717, 1.165) is 31.6 Å². The first-order chi connectivity index (χ1) is 9.00. The molecule has 0 radical (unpaired) electrons. The quantitative estimate of drug-likeness (QED) is 0.911. The molecule has 0 spiro atoms. The Bertz CT molecular complexity index is 461. The van der Waals surface area contributed by atoms with Crippen LogP contribution < -0.4 is 4.90 Å². The van der Waals surface area contributed by atoms with E-state index in [1.54, 1.807) is 19.1 Å². The number of benzene rings is 1. The average Bonchev–Trinajstić information content (AvgIpc) is 2.38. The van der Waals surface area contributed by atoms with Gasteiger partial charge in [0.05, 0.1) is 21.7 Å². The fraction of sp³-hybridized carbons (Fsp3) is 0.500. The molecule has 0 aromatic heterocycles. The van der Waals surface area contributed by atoms with E-state index >= 15 is 0 Å². The van der Waals surface area contributed by atoms with Crippen molar-refractivity contribution in [3.8, 4) is 0 Å². The number of nitrogens with zero attached hydrogens (tertiary/aromatic N) is 1. The molecular weight excluding hydrogens is 285 g/mol. The van der Waals surface area contributed by atoms with Crippen LogP contribution in [0, 0.1) is 0 Å². The summed E-state index contributed by atoms with van der Waals surface area (Å²) in [5, 5.41) is 10.1. The van der Waals surface area contributed by atoms with Crippen LogP contribution in [0.5, 0.6) is 0 Å². The minimum absolute atomic E-state index is 0.539. The molecule has 0 saturated carbocycles. The Labute approximate surface area is 123 Å². The first kappa shape index (κ1) is 14.5. The number of rotatable bonds is 3. The molecule has 1 heterocycles. The van der Waals surface area contributed by atoms with Gasteiger partial charge in [0.15, 0.2) is 0 Å². The second kappa shape index (κ2) is 6.02. The van der Waals surface area contributed by atoms with Crippen molar-refractivity contribution in [1.29, 1.82) is 0 Å². The fourth-order valence-electron chi connectivity index (χ4n) is 2.40. The van der Waals surface area contributed by atoms with E-state index in [4.69, 9.17) is 28.3 Å². The Balaban J connectivity index is 2.34. The smallest absolute Gasteiger partial charge is 0.310 e. The summed E-state index contributed by atoms with van der Waals surface area (Å²) in [6.45, 7) is 3.53. The van der Waals surface area contributed by atoms with E-state index in [1.807, 2.05) is 0 Å². The lowest BCUT2D eigenvalue weighted by molar-refractivity contribution is -0.138. The number of carboxylic acid groups (broad SMARTS) is 1.